The van der Waals surface area contributed by atoms with Gasteiger partial charge in [-0.1, -0.05) is 35.2 Å². The van der Waals surface area contributed by atoms with Gasteiger partial charge < -0.3 is 0 Å². The number of rotatable bonds is 2. The summed E-state index contributed by atoms with van der Waals surface area (Å²) in [5.74, 6) is 0.735. The van der Waals surface area contributed by atoms with Gasteiger partial charge in [0.2, 0.25) is 5.69 Å². The van der Waals surface area contributed by atoms with E-state index in [2.05, 4.69) is 69.8 Å². The van der Waals surface area contributed by atoms with Crippen molar-refractivity contribution >= 4 is 10.9 Å². The topological polar surface area (TPSA) is 16.8 Å². The first-order valence-electron chi connectivity index (χ1n) is 9.84. The van der Waals surface area contributed by atoms with Gasteiger partial charge in [-0.15, -0.1) is 0 Å². The average Bonchev–Trinajstić information content (AvgIpc) is 3.13. The molecule has 0 radical (unpaired) electrons. The van der Waals surface area contributed by atoms with Gasteiger partial charge in [-0.25, -0.2) is 0 Å². The van der Waals surface area contributed by atoms with E-state index in [1.165, 1.54) is 70.1 Å². The Morgan fingerprint density at radius 3 is 2.38 bits per heavy atom. The monoisotopic (exact) mass is 345 g/mol. The van der Waals surface area contributed by atoms with Crippen LogP contribution in [-0.4, -0.2) is 5.10 Å². The molecule has 26 heavy (non-hydrogen) atoms. The summed E-state index contributed by atoms with van der Waals surface area (Å²) < 4.78 is 2.06. The summed E-state index contributed by atoms with van der Waals surface area (Å²) in [6, 6.07) is 11.5. The van der Waals surface area contributed by atoms with Crippen LogP contribution < -0.4 is 4.68 Å². The molecule has 0 unspecified atom stereocenters. The molecule has 1 aliphatic carbocycles. The van der Waals surface area contributed by atoms with Crippen LogP contribution in [0, 0.1) is 27.7 Å². The summed E-state index contributed by atoms with van der Waals surface area (Å²) in [5, 5.41) is 6.20. The molecular formula is C24H29N2+. The maximum Gasteiger partial charge on any atom is 0.242 e. The Labute approximate surface area is 156 Å². The minimum atomic E-state index is 0.735. The predicted octanol–water partition coefficient (Wildman–Crippen LogP) is 5.62. The average molecular weight is 346 g/mol. The van der Waals surface area contributed by atoms with Crippen molar-refractivity contribution in [3.63, 3.8) is 0 Å². The summed E-state index contributed by atoms with van der Waals surface area (Å²) in [4.78, 5) is 0. The molecule has 0 atom stereocenters. The zero-order valence-corrected chi connectivity index (χ0v) is 16.7. The molecule has 2 aromatic carbocycles. The van der Waals surface area contributed by atoms with Crippen molar-refractivity contribution in [2.24, 2.45) is 7.05 Å². The SMILES string of the molecule is Cc1cc(C)c(C)c(-c2c(C)c3cc(C4CCCC4)ccc3n[n+]2C)c1. The van der Waals surface area contributed by atoms with Crippen molar-refractivity contribution in [3.8, 4) is 11.3 Å². The zero-order valence-electron chi connectivity index (χ0n) is 16.7. The van der Waals surface area contributed by atoms with E-state index < -0.39 is 0 Å². The van der Waals surface area contributed by atoms with Gasteiger partial charge in [0.1, 0.15) is 5.52 Å². The molecule has 0 spiro atoms. The van der Waals surface area contributed by atoms with E-state index in [-0.39, 0.29) is 0 Å². The largest absolute Gasteiger partial charge is 0.242 e. The third-order valence-electron chi connectivity index (χ3n) is 6.25. The first kappa shape index (κ1) is 17.2. The fourth-order valence-corrected chi connectivity index (χ4v) is 4.70. The molecule has 2 nitrogen and oxygen atoms in total. The minimum Gasteiger partial charge on any atom is -0.0856 e. The Bertz CT molecular complexity index is 995. The Kier molecular flexibility index (Phi) is 4.30. The molecule has 4 rings (SSSR count). The standard InChI is InChI=1S/C24H29N2/c1-15-12-16(2)17(3)22(13-15)24-18(4)21-14-20(19-8-6-7-9-19)10-11-23(21)25-26(24)5/h10-14,19H,6-9H2,1-5H3/q+1. The number of benzene rings is 2. The summed E-state index contributed by atoms with van der Waals surface area (Å²) in [6.45, 7) is 8.86. The molecule has 0 amide bonds. The zero-order chi connectivity index (χ0) is 18.4. The molecule has 3 aromatic rings. The van der Waals surface area contributed by atoms with Gasteiger partial charge in [-0.2, -0.15) is 0 Å². The van der Waals surface area contributed by atoms with Gasteiger partial charge in [0.05, 0.1) is 5.56 Å². The molecule has 1 aromatic heterocycles. The van der Waals surface area contributed by atoms with Crippen molar-refractivity contribution < 1.29 is 4.68 Å². The quantitative estimate of drug-likeness (QED) is 0.551. The van der Waals surface area contributed by atoms with Crippen LogP contribution in [0.2, 0.25) is 0 Å². The van der Waals surface area contributed by atoms with Gasteiger partial charge >= 0.3 is 0 Å². The summed E-state index contributed by atoms with van der Waals surface area (Å²) in [7, 11) is 2.07. The summed E-state index contributed by atoms with van der Waals surface area (Å²) in [6.07, 6.45) is 5.41. The first-order chi connectivity index (χ1) is 12.5. The lowest BCUT2D eigenvalue weighted by atomic mass is 9.92. The lowest BCUT2D eigenvalue weighted by Crippen LogP contribution is -2.37. The highest BCUT2D eigenvalue weighted by molar-refractivity contribution is 5.86. The molecular weight excluding hydrogens is 316 g/mol. The van der Waals surface area contributed by atoms with Crippen LogP contribution in [0.4, 0.5) is 0 Å². The van der Waals surface area contributed by atoms with Gasteiger partial charge in [0.15, 0.2) is 7.05 Å². The van der Waals surface area contributed by atoms with E-state index in [9.17, 15) is 0 Å². The highest BCUT2D eigenvalue weighted by atomic mass is 15.2. The van der Waals surface area contributed by atoms with Crippen LogP contribution in [-0.2, 0) is 7.05 Å². The molecule has 0 saturated heterocycles. The molecule has 134 valence electrons. The Balaban J connectivity index is 1.95. The van der Waals surface area contributed by atoms with Gasteiger partial charge in [-0.3, -0.25) is 0 Å². The van der Waals surface area contributed by atoms with E-state index in [0.29, 0.717) is 0 Å². The summed E-state index contributed by atoms with van der Waals surface area (Å²) >= 11 is 0. The molecule has 1 saturated carbocycles. The smallest absolute Gasteiger partial charge is 0.0856 e. The van der Waals surface area contributed by atoms with Gasteiger partial charge in [-0.05, 0) is 81.3 Å². The second kappa shape index (κ2) is 6.50. The third-order valence-corrected chi connectivity index (χ3v) is 6.25. The lowest BCUT2D eigenvalue weighted by molar-refractivity contribution is -0.718. The van der Waals surface area contributed by atoms with Crippen molar-refractivity contribution in [1.82, 2.24) is 5.10 Å². The number of fused-ring (bicyclic) bond motifs is 1. The molecule has 2 heteroatoms. The molecule has 0 N–H and O–H groups in total. The minimum absolute atomic E-state index is 0.735. The van der Waals surface area contributed by atoms with Crippen LogP contribution in [0.25, 0.3) is 22.2 Å². The summed E-state index contributed by atoms with van der Waals surface area (Å²) in [5.41, 5.74) is 10.5. The number of nitrogens with zero attached hydrogens (tertiary/aromatic N) is 2. The molecule has 1 heterocycles. The maximum absolute atomic E-state index is 4.90. The normalized spacial score (nSPS) is 15.1. The maximum atomic E-state index is 4.90. The van der Waals surface area contributed by atoms with Crippen LogP contribution in [0.3, 0.4) is 0 Å². The highest BCUT2D eigenvalue weighted by Gasteiger charge is 2.23. The van der Waals surface area contributed by atoms with Crippen molar-refractivity contribution in [2.45, 2.75) is 59.3 Å². The van der Waals surface area contributed by atoms with E-state index >= 15 is 0 Å². The van der Waals surface area contributed by atoms with Gasteiger partial charge in [0.25, 0.3) is 0 Å². The van der Waals surface area contributed by atoms with Crippen LogP contribution >= 0.6 is 0 Å². The Morgan fingerprint density at radius 2 is 1.65 bits per heavy atom. The van der Waals surface area contributed by atoms with Crippen LogP contribution in [0.1, 0.15) is 59.4 Å². The number of hydrogen-bond acceptors (Lipinski definition) is 1. The fourth-order valence-electron chi connectivity index (χ4n) is 4.70. The van der Waals surface area contributed by atoms with Crippen molar-refractivity contribution in [2.75, 3.05) is 0 Å². The molecule has 1 aliphatic rings. The lowest BCUT2D eigenvalue weighted by Gasteiger charge is -2.14. The predicted molar refractivity (Wildman–Crippen MR) is 109 cm³/mol. The molecule has 1 fully saturated rings. The van der Waals surface area contributed by atoms with Gasteiger partial charge in [0, 0.05) is 16.0 Å². The second-order valence-electron chi connectivity index (χ2n) is 8.11. The Hall–Kier alpha value is -2.22. The second-order valence-corrected chi connectivity index (χ2v) is 8.11. The molecule has 0 aliphatic heterocycles. The van der Waals surface area contributed by atoms with E-state index in [1.807, 2.05) is 0 Å². The number of aromatic nitrogens is 2. The van der Waals surface area contributed by atoms with Crippen molar-refractivity contribution in [3.05, 3.63) is 58.1 Å². The van der Waals surface area contributed by atoms with E-state index in [0.717, 1.165) is 11.4 Å². The van der Waals surface area contributed by atoms with Crippen LogP contribution in [0.5, 0.6) is 0 Å². The number of hydrogen-bond donors (Lipinski definition) is 0. The van der Waals surface area contributed by atoms with Crippen LogP contribution in [0.15, 0.2) is 30.3 Å². The highest BCUT2D eigenvalue weighted by Crippen LogP contribution is 2.36. The first-order valence-corrected chi connectivity index (χ1v) is 9.84. The fraction of sp³-hybridized carbons (Fsp3) is 0.417. The van der Waals surface area contributed by atoms with E-state index in [1.54, 1.807) is 0 Å². The van der Waals surface area contributed by atoms with Crippen molar-refractivity contribution in [1.29, 1.82) is 0 Å². The third kappa shape index (κ3) is 2.82. The number of aryl methyl sites for hydroxylation is 4. The Morgan fingerprint density at radius 1 is 0.923 bits per heavy atom. The molecule has 0 bridgehead atoms. The van der Waals surface area contributed by atoms with E-state index in [4.69, 9.17) is 5.10 Å².